The Bertz CT molecular complexity index is 798. The average Bonchev–Trinajstić information content (AvgIpc) is 3.07. The summed E-state index contributed by atoms with van der Waals surface area (Å²) in [5.41, 5.74) is 0.774. The molecule has 1 saturated heterocycles. The van der Waals surface area contributed by atoms with Gasteiger partial charge in [0.2, 0.25) is 0 Å². The number of nitrogens with zero attached hydrogens (tertiary/aromatic N) is 3. The third-order valence-electron chi connectivity index (χ3n) is 5.31. The molecule has 152 valence electrons. The minimum Gasteiger partial charge on any atom is -0.486 e. The van der Waals surface area contributed by atoms with Crippen LogP contribution in [0.1, 0.15) is 47.1 Å². The molecule has 0 bridgehead atoms. The molecule has 1 aliphatic heterocycles. The Morgan fingerprint density at radius 3 is 2.57 bits per heavy atom. The number of thiazole rings is 1. The van der Waals surface area contributed by atoms with Gasteiger partial charge in [-0.3, -0.25) is 4.79 Å². The smallest absolute Gasteiger partial charge is 0.265 e. The lowest BCUT2D eigenvalue weighted by molar-refractivity contribution is 0.0619. The molecule has 2 aromatic rings. The van der Waals surface area contributed by atoms with Crippen molar-refractivity contribution in [1.29, 1.82) is 0 Å². The second-order valence-corrected chi connectivity index (χ2v) is 9.06. The number of rotatable bonds is 6. The molecule has 3 rings (SSSR count). The number of carbonyl (C=O) groups excluding carboxylic acids is 1. The van der Waals surface area contributed by atoms with Crippen LogP contribution in [0.5, 0.6) is 5.75 Å². The van der Waals surface area contributed by atoms with E-state index in [9.17, 15) is 4.79 Å². The van der Waals surface area contributed by atoms with Crippen molar-refractivity contribution in [2.24, 2.45) is 0 Å². The van der Waals surface area contributed by atoms with Crippen LogP contribution in [0.4, 0.5) is 0 Å². The van der Waals surface area contributed by atoms with Crippen LogP contribution < -0.4 is 4.74 Å². The molecule has 0 radical (unpaired) electrons. The van der Waals surface area contributed by atoms with Gasteiger partial charge in [0.05, 0.1) is 5.69 Å². The number of aromatic nitrogens is 1. The van der Waals surface area contributed by atoms with Crippen molar-refractivity contribution in [2.75, 3.05) is 20.1 Å². The van der Waals surface area contributed by atoms with E-state index in [4.69, 9.17) is 16.3 Å². The van der Waals surface area contributed by atoms with E-state index in [0.29, 0.717) is 22.5 Å². The van der Waals surface area contributed by atoms with E-state index in [1.165, 1.54) is 11.3 Å². The third kappa shape index (κ3) is 5.04. The van der Waals surface area contributed by atoms with Crippen LogP contribution in [0.2, 0.25) is 5.02 Å². The first-order valence-corrected chi connectivity index (χ1v) is 10.9. The minimum absolute atomic E-state index is 0.0655. The molecule has 1 aromatic carbocycles. The lowest BCUT2D eigenvalue weighted by Crippen LogP contribution is -2.47. The van der Waals surface area contributed by atoms with Gasteiger partial charge in [-0.15, -0.1) is 11.3 Å². The van der Waals surface area contributed by atoms with Gasteiger partial charge in [-0.2, -0.15) is 0 Å². The first kappa shape index (κ1) is 21.1. The van der Waals surface area contributed by atoms with Crippen molar-refractivity contribution >= 4 is 28.8 Å². The lowest BCUT2D eigenvalue weighted by atomic mass is 10.0. The molecule has 7 heteroatoms. The van der Waals surface area contributed by atoms with E-state index in [1.807, 2.05) is 31.0 Å². The first-order valence-electron chi connectivity index (χ1n) is 9.71. The van der Waals surface area contributed by atoms with E-state index < -0.39 is 0 Å². The molecular weight excluding hydrogens is 394 g/mol. The standard InChI is InChI=1S/C21H28ClN3O2S/c1-14(2)25-11-9-17(10-12-25)24(4)21(26)20-15(3)23-19(28-20)13-27-18-7-5-16(22)6-8-18/h5-8,14,17H,9-13H2,1-4H3. The van der Waals surface area contributed by atoms with Crippen molar-refractivity contribution in [2.45, 2.75) is 52.3 Å². The first-order chi connectivity index (χ1) is 13.3. The fourth-order valence-corrected chi connectivity index (χ4v) is 4.59. The predicted octanol–water partition coefficient (Wildman–Crippen LogP) is 4.63. The Morgan fingerprint density at radius 1 is 1.32 bits per heavy atom. The Morgan fingerprint density at radius 2 is 1.96 bits per heavy atom. The molecular formula is C21H28ClN3O2S. The number of hydrogen-bond donors (Lipinski definition) is 0. The topological polar surface area (TPSA) is 45.7 Å². The highest BCUT2D eigenvalue weighted by molar-refractivity contribution is 7.13. The summed E-state index contributed by atoms with van der Waals surface area (Å²) in [6.07, 6.45) is 2.04. The minimum atomic E-state index is 0.0655. The molecule has 1 aromatic heterocycles. The number of benzene rings is 1. The van der Waals surface area contributed by atoms with Gasteiger partial charge in [-0.1, -0.05) is 11.6 Å². The van der Waals surface area contributed by atoms with Gasteiger partial charge in [-0.25, -0.2) is 4.98 Å². The summed E-state index contributed by atoms with van der Waals surface area (Å²) in [7, 11) is 1.92. The summed E-state index contributed by atoms with van der Waals surface area (Å²) in [6, 6.07) is 8.08. The van der Waals surface area contributed by atoms with Crippen molar-refractivity contribution < 1.29 is 9.53 Å². The monoisotopic (exact) mass is 421 g/mol. The number of piperidine rings is 1. The van der Waals surface area contributed by atoms with Crippen LogP contribution in [-0.2, 0) is 6.61 Å². The summed E-state index contributed by atoms with van der Waals surface area (Å²) >= 11 is 7.32. The molecule has 2 heterocycles. The van der Waals surface area contributed by atoms with Crippen LogP contribution in [0.25, 0.3) is 0 Å². The Kier molecular flexibility index (Phi) is 6.96. The van der Waals surface area contributed by atoms with E-state index in [1.54, 1.807) is 12.1 Å². The zero-order valence-corrected chi connectivity index (χ0v) is 18.5. The largest absolute Gasteiger partial charge is 0.486 e. The summed E-state index contributed by atoms with van der Waals surface area (Å²) in [5.74, 6) is 0.801. The van der Waals surface area contributed by atoms with Gasteiger partial charge in [0.1, 0.15) is 22.2 Å². The van der Waals surface area contributed by atoms with Crippen molar-refractivity contribution in [3.63, 3.8) is 0 Å². The van der Waals surface area contributed by atoms with Crippen molar-refractivity contribution in [3.8, 4) is 5.75 Å². The van der Waals surface area contributed by atoms with E-state index in [2.05, 4.69) is 23.7 Å². The lowest BCUT2D eigenvalue weighted by Gasteiger charge is -2.38. The molecule has 0 N–H and O–H groups in total. The van der Waals surface area contributed by atoms with Gasteiger partial charge in [0, 0.05) is 37.2 Å². The summed E-state index contributed by atoms with van der Waals surface area (Å²) < 4.78 is 5.76. The fourth-order valence-electron chi connectivity index (χ4n) is 3.50. The molecule has 0 aliphatic carbocycles. The van der Waals surface area contributed by atoms with Crippen LogP contribution >= 0.6 is 22.9 Å². The molecule has 28 heavy (non-hydrogen) atoms. The SMILES string of the molecule is Cc1nc(COc2ccc(Cl)cc2)sc1C(=O)N(C)C1CCN(C(C)C)CC1. The van der Waals surface area contributed by atoms with Crippen LogP contribution in [-0.4, -0.2) is 52.9 Å². The molecule has 1 fully saturated rings. The van der Waals surface area contributed by atoms with Gasteiger partial charge in [0.15, 0.2) is 0 Å². The molecule has 5 nitrogen and oxygen atoms in total. The Hall–Kier alpha value is -1.63. The molecule has 0 saturated carbocycles. The number of ether oxygens (including phenoxy) is 1. The zero-order valence-electron chi connectivity index (χ0n) is 16.9. The van der Waals surface area contributed by atoms with Gasteiger partial charge < -0.3 is 14.5 Å². The van der Waals surface area contributed by atoms with Crippen molar-refractivity contribution in [3.05, 3.63) is 44.9 Å². The number of carbonyl (C=O) groups is 1. The van der Waals surface area contributed by atoms with Crippen LogP contribution in [0, 0.1) is 6.92 Å². The summed E-state index contributed by atoms with van der Waals surface area (Å²) in [5, 5.41) is 1.48. The highest BCUT2D eigenvalue weighted by Crippen LogP contribution is 2.25. The van der Waals surface area contributed by atoms with Crippen molar-refractivity contribution in [1.82, 2.24) is 14.8 Å². The second kappa shape index (κ2) is 9.25. The van der Waals surface area contributed by atoms with E-state index in [-0.39, 0.29) is 11.9 Å². The Balaban J connectivity index is 1.60. The number of likely N-dealkylation sites (tertiary alicyclic amines) is 1. The maximum Gasteiger partial charge on any atom is 0.265 e. The van der Waals surface area contributed by atoms with Gasteiger partial charge in [-0.05, 0) is 57.9 Å². The molecule has 1 amide bonds. The third-order valence-corrected chi connectivity index (χ3v) is 6.68. The van der Waals surface area contributed by atoms with Gasteiger partial charge in [0.25, 0.3) is 5.91 Å². The number of aryl methyl sites for hydroxylation is 1. The molecule has 0 spiro atoms. The predicted molar refractivity (Wildman–Crippen MR) is 114 cm³/mol. The highest BCUT2D eigenvalue weighted by atomic mass is 35.5. The summed E-state index contributed by atoms with van der Waals surface area (Å²) in [6.45, 7) is 8.78. The second-order valence-electron chi connectivity index (χ2n) is 7.54. The maximum absolute atomic E-state index is 13.0. The highest BCUT2D eigenvalue weighted by Gasteiger charge is 2.28. The molecule has 0 unspecified atom stereocenters. The number of hydrogen-bond acceptors (Lipinski definition) is 5. The van der Waals surface area contributed by atoms with E-state index >= 15 is 0 Å². The fraction of sp³-hybridized carbons (Fsp3) is 0.524. The maximum atomic E-state index is 13.0. The van der Waals surface area contributed by atoms with E-state index in [0.717, 1.165) is 42.4 Å². The quantitative estimate of drug-likeness (QED) is 0.682. The normalized spacial score (nSPS) is 15.8. The number of halogens is 1. The average molecular weight is 422 g/mol. The van der Waals surface area contributed by atoms with Crippen LogP contribution in [0.3, 0.4) is 0 Å². The molecule has 1 aliphatic rings. The summed E-state index contributed by atoms with van der Waals surface area (Å²) in [4.78, 5) is 22.7. The zero-order chi connectivity index (χ0) is 20.3. The van der Waals surface area contributed by atoms with Crippen LogP contribution in [0.15, 0.2) is 24.3 Å². The number of amides is 1. The molecule has 0 atom stereocenters. The van der Waals surface area contributed by atoms with Gasteiger partial charge >= 0.3 is 0 Å². The Labute approximate surface area is 176 Å².